The van der Waals surface area contributed by atoms with Gasteiger partial charge in [0, 0.05) is 11.1 Å². The lowest BCUT2D eigenvalue weighted by atomic mass is 10.3. The Labute approximate surface area is 124 Å². The van der Waals surface area contributed by atoms with Crippen molar-refractivity contribution in [2.24, 2.45) is 0 Å². The van der Waals surface area contributed by atoms with Crippen LogP contribution in [-0.4, -0.2) is 29.2 Å². The van der Waals surface area contributed by atoms with E-state index in [1.807, 2.05) is 12.1 Å². The van der Waals surface area contributed by atoms with Gasteiger partial charge >= 0.3 is 5.97 Å². The van der Waals surface area contributed by atoms with E-state index in [1.165, 1.54) is 11.3 Å². The molecule has 5 nitrogen and oxygen atoms in total. The number of carboxylic acid groups (broad SMARTS) is 1. The number of carboxylic acids is 1. The maximum Gasteiger partial charge on any atom is 0.345 e. The number of hydrogen-bond acceptors (Lipinski definition) is 5. The Bertz CT molecular complexity index is 659. The molecular weight excluding hydrogens is 300 g/mol. The molecule has 3 heterocycles. The molecule has 0 aromatic carbocycles. The average Bonchev–Trinajstić information content (AvgIpc) is 2.88. The fourth-order valence-corrected chi connectivity index (χ4v) is 3.07. The van der Waals surface area contributed by atoms with E-state index in [1.54, 1.807) is 12.3 Å². The topological polar surface area (TPSA) is 62.7 Å². The second kappa shape index (κ2) is 5.30. The number of rotatable bonds is 3. The zero-order valence-corrected chi connectivity index (χ0v) is 11.9. The van der Waals surface area contributed by atoms with Gasteiger partial charge in [0.15, 0.2) is 0 Å². The standard InChI is InChI=1S/C13H11ClN2O3S/c14-8-5-10-12(15-6-8)19-4-3-16(10)7-9-1-2-11(20-9)13(17)18/h1-2,5-6H,3-4,7H2,(H,17,18). The number of anilines is 1. The highest BCUT2D eigenvalue weighted by molar-refractivity contribution is 7.13. The van der Waals surface area contributed by atoms with Gasteiger partial charge in [0.05, 0.1) is 18.1 Å². The summed E-state index contributed by atoms with van der Waals surface area (Å²) < 4.78 is 5.49. The Balaban J connectivity index is 1.85. The number of aromatic carboxylic acids is 1. The molecule has 1 aliphatic heterocycles. The first kappa shape index (κ1) is 13.2. The van der Waals surface area contributed by atoms with Gasteiger partial charge in [0.1, 0.15) is 17.2 Å². The Morgan fingerprint density at radius 2 is 2.40 bits per heavy atom. The summed E-state index contributed by atoms with van der Waals surface area (Å²) in [4.78, 5) is 18.5. The monoisotopic (exact) mass is 310 g/mol. The first-order valence-electron chi connectivity index (χ1n) is 5.99. The summed E-state index contributed by atoms with van der Waals surface area (Å²) in [5.74, 6) is -0.330. The zero-order chi connectivity index (χ0) is 14.1. The molecular formula is C13H11ClN2O3S. The van der Waals surface area contributed by atoms with Crippen molar-refractivity contribution in [3.8, 4) is 5.88 Å². The molecule has 0 amide bonds. The number of thiophene rings is 1. The summed E-state index contributed by atoms with van der Waals surface area (Å²) in [6, 6.07) is 5.27. The highest BCUT2D eigenvalue weighted by Gasteiger charge is 2.20. The van der Waals surface area contributed by atoms with Crippen LogP contribution in [0, 0.1) is 0 Å². The minimum atomic E-state index is -0.895. The molecule has 0 aliphatic carbocycles. The summed E-state index contributed by atoms with van der Waals surface area (Å²) in [5.41, 5.74) is 0.842. The predicted molar refractivity (Wildman–Crippen MR) is 77.1 cm³/mol. The summed E-state index contributed by atoms with van der Waals surface area (Å²) in [7, 11) is 0. The molecule has 2 aromatic rings. The van der Waals surface area contributed by atoms with Crippen LogP contribution in [0.4, 0.5) is 5.69 Å². The van der Waals surface area contributed by atoms with Crippen LogP contribution in [0.1, 0.15) is 14.5 Å². The molecule has 0 spiro atoms. The van der Waals surface area contributed by atoms with Crippen LogP contribution in [0.2, 0.25) is 5.02 Å². The minimum Gasteiger partial charge on any atom is -0.477 e. The second-order valence-corrected chi connectivity index (χ2v) is 5.92. The van der Waals surface area contributed by atoms with Crippen molar-refractivity contribution in [3.63, 3.8) is 0 Å². The lowest BCUT2D eigenvalue weighted by Gasteiger charge is -2.30. The molecule has 0 saturated heterocycles. The number of halogens is 1. The van der Waals surface area contributed by atoms with Crippen molar-refractivity contribution in [3.05, 3.63) is 39.2 Å². The van der Waals surface area contributed by atoms with E-state index in [-0.39, 0.29) is 0 Å². The van der Waals surface area contributed by atoms with E-state index in [4.69, 9.17) is 21.4 Å². The molecule has 0 atom stereocenters. The molecule has 104 valence electrons. The summed E-state index contributed by atoms with van der Waals surface area (Å²) >= 11 is 7.25. The number of hydrogen-bond donors (Lipinski definition) is 1. The normalized spacial score (nSPS) is 13.8. The van der Waals surface area contributed by atoms with Crippen molar-refractivity contribution >= 4 is 34.6 Å². The van der Waals surface area contributed by atoms with Crippen LogP contribution >= 0.6 is 22.9 Å². The van der Waals surface area contributed by atoms with E-state index in [9.17, 15) is 4.79 Å². The quantitative estimate of drug-likeness (QED) is 0.944. The largest absolute Gasteiger partial charge is 0.477 e. The van der Waals surface area contributed by atoms with Gasteiger partial charge < -0.3 is 14.7 Å². The zero-order valence-electron chi connectivity index (χ0n) is 10.4. The Morgan fingerprint density at radius 3 is 3.15 bits per heavy atom. The molecule has 0 fully saturated rings. The van der Waals surface area contributed by atoms with Crippen molar-refractivity contribution in [1.82, 2.24) is 4.98 Å². The van der Waals surface area contributed by atoms with Gasteiger partial charge in [-0.1, -0.05) is 11.6 Å². The Morgan fingerprint density at radius 1 is 1.55 bits per heavy atom. The second-order valence-electron chi connectivity index (χ2n) is 4.32. The number of nitrogens with zero attached hydrogens (tertiary/aromatic N) is 2. The fourth-order valence-electron chi connectivity index (χ4n) is 2.06. The molecule has 2 aromatic heterocycles. The summed E-state index contributed by atoms with van der Waals surface area (Å²) in [6.45, 7) is 1.89. The predicted octanol–water partition coefficient (Wildman–Crippen LogP) is 2.89. The van der Waals surface area contributed by atoms with Crippen molar-refractivity contribution in [2.75, 3.05) is 18.1 Å². The molecule has 20 heavy (non-hydrogen) atoms. The number of carbonyl (C=O) groups is 1. The van der Waals surface area contributed by atoms with Crippen LogP contribution in [0.25, 0.3) is 0 Å². The van der Waals surface area contributed by atoms with Crippen molar-refractivity contribution in [2.45, 2.75) is 6.54 Å². The van der Waals surface area contributed by atoms with Crippen LogP contribution in [0.15, 0.2) is 24.4 Å². The lowest BCUT2D eigenvalue weighted by molar-refractivity contribution is 0.0702. The molecule has 1 aliphatic rings. The lowest BCUT2D eigenvalue weighted by Crippen LogP contribution is -2.32. The molecule has 0 bridgehead atoms. The summed E-state index contributed by atoms with van der Waals surface area (Å²) in [6.07, 6.45) is 1.55. The van der Waals surface area contributed by atoms with Gasteiger partial charge in [-0.3, -0.25) is 0 Å². The third kappa shape index (κ3) is 2.57. The van der Waals surface area contributed by atoms with Crippen LogP contribution in [-0.2, 0) is 6.54 Å². The highest BCUT2D eigenvalue weighted by atomic mass is 35.5. The van der Waals surface area contributed by atoms with Gasteiger partial charge in [-0.2, -0.15) is 0 Å². The van der Waals surface area contributed by atoms with Crippen molar-refractivity contribution in [1.29, 1.82) is 0 Å². The molecule has 0 saturated carbocycles. The minimum absolute atomic E-state index is 0.345. The molecule has 0 unspecified atom stereocenters. The van der Waals surface area contributed by atoms with E-state index in [0.29, 0.717) is 28.9 Å². The third-order valence-corrected chi connectivity index (χ3v) is 4.22. The smallest absolute Gasteiger partial charge is 0.345 e. The van der Waals surface area contributed by atoms with Gasteiger partial charge in [-0.15, -0.1) is 11.3 Å². The SMILES string of the molecule is O=C(O)c1ccc(CN2CCOc3ncc(Cl)cc32)s1. The number of ether oxygens (including phenoxy) is 1. The van der Waals surface area contributed by atoms with Gasteiger partial charge in [-0.25, -0.2) is 9.78 Å². The van der Waals surface area contributed by atoms with E-state index >= 15 is 0 Å². The maximum atomic E-state index is 10.9. The van der Waals surface area contributed by atoms with Gasteiger partial charge in [0.2, 0.25) is 5.88 Å². The van der Waals surface area contributed by atoms with Crippen LogP contribution < -0.4 is 9.64 Å². The van der Waals surface area contributed by atoms with Crippen molar-refractivity contribution < 1.29 is 14.6 Å². The van der Waals surface area contributed by atoms with E-state index in [0.717, 1.165) is 17.1 Å². The van der Waals surface area contributed by atoms with Gasteiger partial charge in [-0.05, 0) is 18.2 Å². The molecule has 1 N–H and O–H groups in total. The number of fused-ring (bicyclic) bond motifs is 1. The van der Waals surface area contributed by atoms with E-state index in [2.05, 4.69) is 9.88 Å². The Kier molecular flexibility index (Phi) is 3.50. The van der Waals surface area contributed by atoms with Crippen LogP contribution in [0.3, 0.4) is 0 Å². The van der Waals surface area contributed by atoms with Crippen LogP contribution in [0.5, 0.6) is 5.88 Å². The first-order valence-corrected chi connectivity index (χ1v) is 7.18. The molecule has 7 heteroatoms. The number of pyridine rings is 1. The van der Waals surface area contributed by atoms with E-state index < -0.39 is 5.97 Å². The fraction of sp³-hybridized carbons (Fsp3) is 0.231. The Hall–Kier alpha value is -1.79. The van der Waals surface area contributed by atoms with Gasteiger partial charge in [0.25, 0.3) is 0 Å². The molecule has 0 radical (unpaired) electrons. The molecule has 3 rings (SSSR count). The average molecular weight is 311 g/mol. The highest BCUT2D eigenvalue weighted by Crippen LogP contribution is 2.33. The maximum absolute atomic E-state index is 10.9. The third-order valence-electron chi connectivity index (χ3n) is 2.96. The summed E-state index contributed by atoms with van der Waals surface area (Å²) in [5, 5.41) is 9.50. The number of aromatic nitrogens is 1. The first-order chi connectivity index (χ1) is 9.63.